The summed E-state index contributed by atoms with van der Waals surface area (Å²) in [6, 6.07) is -9.53. The van der Waals surface area contributed by atoms with E-state index in [9.17, 15) is 57.8 Å². The molecule has 21 nitrogen and oxygen atoms in total. The van der Waals surface area contributed by atoms with Gasteiger partial charge in [-0.2, -0.15) is 0 Å². The van der Waals surface area contributed by atoms with Crippen molar-refractivity contribution >= 4 is 65.1 Å². The molecule has 6 atom stereocenters. The van der Waals surface area contributed by atoms with E-state index in [2.05, 4.69) is 43.8 Å². The van der Waals surface area contributed by atoms with Crippen LogP contribution in [0, 0.1) is 11.8 Å². The Labute approximate surface area is 323 Å². The number of imide groups is 1. The van der Waals surface area contributed by atoms with Crippen molar-refractivity contribution in [2.45, 2.75) is 116 Å². The molecular formula is C35H54N8O13. The van der Waals surface area contributed by atoms with Gasteiger partial charge in [-0.1, -0.05) is 47.1 Å². The molecule has 56 heavy (non-hydrogen) atoms. The molecule has 1 aliphatic rings. The molecule has 0 unspecified atom stereocenters. The topological polar surface area (TPSA) is 316 Å². The lowest BCUT2D eigenvalue weighted by Gasteiger charge is -2.31. The highest BCUT2D eigenvalue weighted by Crippen LogP contribution is 2.16. The molecule has 0 radical (unpaired) electrons. The quantitative estimate of drug-likeness (QED) is 0.0380. The van der Waals surface area contributed by atoms with E-state index < -0.39 is 132 Å². The summed E-state index contributed by atoms with van der Waals surface area (Å²) in [5.74, 6) is -11.4. The van der Waals surface area contributed by atoms with Crippen LogP contribution in [0.3, 0.4) is 0 Å². The van der Waals surface area contributed by atoms with Gasteiger partial charge in [0, 0.05) is 32.9 Å². The lowest BCUT2D eigenvalue weighted by atomic mass is 9.98. The van der Waals surface area contributed by atoms with Crippen molar-refractivity contribution in [2.24, 2.45) is 11.8 Å². The van der Waals surface area contributed by atoms with Gasteiger partial charge in [0.05, 0.1) is 6.04 Å². The first-order valence-electron chi connectivity index (χ1n) is 18.1. The second-order valence-corrected chi connectivity index (χ2v) is 13.8. The first-order chi connectivity index (χ1) is 26.2. The standard InChI is InChI=1S/C35H54N8O13/c1-8-10-20(28(49)33(54)36-15-9-2)39-31(52)23-16-37-35(56)43(23)34(55)27(18(5)6)42-32(53)26(17(3)4)41-30(51)22(12-14-25(47)48)40-29(50)21(38-19(7)44)11-13-24(45)46/h9,17-18,20-23,26-27H,2,8,10-16H2,1,3-7H3,(H,36,54)(H,37,56)(H,38,44)(H,39,52)(H,40,50)(H,41,51)(H,42,53)(H,45,46)(H,47,48)/t20-,21-,22-,23-,26-,27-/m0/s1. The molecule has 21 heteroatoms. The van der Waals surface area contributed by atoms with Crippen LogP contribution >= 0.6 is 0 Å². The van der Waals surface area contributed by atoms with E-state index in [1.165, 1.54) is 6.08 Å². The maximum Gasteiger partial charge on any atom is 0.325 e. The molecule has 0 saturated carbocycles. The van der Waals surface area contributed by atoms with Gasteiger partial charge in [0.15, 0.2) is 0 Å². The number of carbonyl (C=O) groups excluding carboxylic acids is 9. The van der Waals surface area contributed by atoms with Gasteiger partial charge in [0.2, 0.25) is 35.3 Å². The summed E-state index contributed by atoms with van der Waals surface area (Å²) in [7, 11) is 0. The van der Waals surface area contributed by atoms with Gasteiger partial charge in [-0.25, -0.2) is 9.69 Å². The number of carboxylic acids is 2. The first-order valence-corrected chi connectivity index (χ1v) is 18.1. The molecule has 9 amide bonds. The Hall–Kier alpha value is -5.89. The summed E-state index contributed by atoms with van der Waals surface area (Å²) in [4.78, 5) is 140. The van der Waals surface area contributed by atoms with Crippen LogP contribution in [0.2, 0.25) is 0 Å². The Morgan fingerprint density at radius 1 is 0.768 bits per heavy atom. The number of carbonyl (C=O) groups is 11. The summed E-state index contributed by atoms with van der Waals surface area (Å²) in [5.41, 5.74) is 0. The molecule has 0 aromatic carbocycles. The largest absolute Gasteiger partial charge is 0.481 e. The summed E-state index contributed by atoms with van der Waals surface area (Å²) in [6.45, 7) is 12.1. The fraction of sp³-hybridized carbons (Fsp3) is 0.629. The number of urea groups is 1. The Morgan fingerprint density at radius 3 is 1.77 bits per heavy atom. The molecule has 312 valence electrons. The molecule has 1 aliphatic heterocycles. The summed E-state index contributed by atoms with van der Waals surface area (Å²) in [5, 5.41) is 35.0. The zero-order valence-electron chi connectivity index (χ0n) is 32.4. The van der Waals surface area contributed by atoms with Gasteiger partial charge < -0.3 is 47.4 Å². The summed E-state index contributed by atoms with van der Waals surface area (Å²) < 4.78 is 0. The normalized spacial score (nSPS) is 16.2. The molecule has 1 saturated heterocycles. The van der Waals surface area contributed by atoms with Crippen LogP contribution < -0.4 is 37.2 Å². The predicted octanol–water partition coefficient (Wildman–Crippen LogP) is -1.94. The van der Waals surface area contributed by atoms with Gasteiger partial charge in [0.25, 0.3) is 11.8 Å². The SMILES string of the molecule is C=CCNC(=O)C(=O)[C@H](CCC)NC(=O)[C@@H]1CNC(=O)N1C(=O)[C@@H](NC(=O)[C@@H](NC(=O)[C@H](CCC(=O)O)NC(=O)[C@H](CCC(=O)O)NC(C)=O)C(C)C)C(C)C. The lowest BCUT2D eigenvalue weighted by molar-refractivity contribution is -0.142. The highest BCUT2D eigenvalue weighted by atomic mass is 16.4. The van der Waals surface area contributed by atoms with Crippen molar-refractivity contribution in [3.05, 3.63) is 12.7 Å². The van der Waals surface area contributed by atoms with Crippen molar-refractivity contribution in [2.75, 3.05) is 13.1 Å². The van der Waals surface area contributed by atoms with Crippen LogP contribution in [0.15, 0.2) is 12.7 Å². The van der Waals surface area contributed by atoms with Crippen LogP contribution in [0.5, 0.6) is 0 Å². The zero-order valence-corrected chi connectivity index (χ0v) is 32.4. The Bertz CT molecular complexity index is 1530. The Morgan fingerprint density at radius 2 is 1.29 bits per heavy atom. The number of rotatable bonds is 24. The van der Waals surface area contributed by atoms with E-state index in [0.29, 0.717) is 11.3 Å². The molecule has 0 aromatic rings. The third kappa shape index (κ3) is 15.1. The number of aliphatic carboxylic acids is 2. The zero-order chi connectivity index (χ0) is 42.9. The van der Waals surface area contributed by atoms with Gasteiger partial charge in [-0.3, -0.25) is 47.9 Å². The number of ketones is 1. The number of Topliss-reactive ketones (excluding diaryl/α,β-unsaturated/α-hetero) is 1. The van der Waals surface area contributed by atoms with Crippen molar-refractivity contribution in [3.63, 3.8) is 0 Å². The number of nitrogens with one attached hydrogen (secondary N) is 7. The maximum absolute atomic E-state index is 13.9. The fourth-order valence-electron chi connectivity index (χ4n) is 5.49. The van der Waals surface area contributed by atoms with Gasteiger partial charge in [0.1, 0.15) is 30.2 Å². The fourth-order valence-corrected chi connectivity index (χ4v) is 5.49. The average molecular weight is 795 g/mol. The molecular weight excluding hydrogens is 740 g/mol. The van der Waals surface area contributed by atoms with Crippen LogP contribution in [0.25, 0.3) is 0 Å². The van der Waals surface area contributed by atoms with Gasteiger partial charge in [-0.05, 0) is 31.1 Å². The average Bonchev–Trinajstić information content (AvgIpc) is 3.51. The number of carboxylic acid groups (broad SMARTS) is 2. The highest BCUT2D eigenvalue weighted by Gasteiger charge is 2.45. The van der Waals surface area contributed by atoms with Gasteiger partial charge in [-0.15, -0.1) is 6.58 Å². The van der Waals surface area contributed by atoms with Crippen LogP contribution in [-0.2, 0) is 47.9 Å². The molecule has 1 fully saturated rings. The van der Waals surface area contributed by atoms with E-state index in [0.717, 1.165) is 6.92 Å². The number of nitrogens with zero attached hydrogens (tertiary/aromatic N) is 1. The van der Waals surface area contributed by atoms with E-state index >= 15 is 0 Å². The smallest absolute Gasteiger partial charge is 0.325 e. The molecule has 9 N–H and O–H groups in total. The molecule has 0 aliphatic carbocycles. The van der Waals surface area contributed by atoms with Crippen LogP contribution in [0.4, 0.5) is 4.79 Å². The monoisotopic (exact) mass is 794 g/mol. The second-order valence-electron chi connectivity index (χ2n) is 13.8. The van der Waals surface area contributed by atoms with E-state index in [1.54, 1.807) is 34.6 Å². The molecule has 0 spiro atoms. The van der Waals surface area contributed by atoms with E-state index in [1.807, 2.05) is 0 Å². The van der Waals surface area contributed by atoms with Crippen molar-refractivity contribution in [3.8, 4) is 0 Å². The third-order valence-electron chi connectivity index (χ3n) is 8.46. The highest BCUT2D eigenvalue weighted by molar-refractivity contribution is 6.38. The minimum atomic E-state index is -1.57. The molecule has 1 heterocycles. The summed E-state index contributed by atoms with van der Waals surface area (Å²) in [6.07, 6.45) is -0.116. The lowest BCUT2D eigenvalue weighted by Crippen LogP contribution is -2.62. The van der Waals surface area contributed by atoms with Crippen molar-refractivity contribution in [1.29, 1.82) is 0 Å². The third-order valence-corrected chi connectivity index (χ3v) is 8.46. The predicted molar refractivity (Wildman–Crippen MR) is 196 cm³/mol. The van der Waals surface area contributed by atoms with E-state index in [-0.39, 0.29) is 25.9 Å². The van der Waals surface area contributed by atoms with Crippen molar-refractivity contribution in [1.82, 2.24) is 42.1 Å². The minimum absolute atomic E-state index is 0.00273. The number of hydrogen-bond donors (Lipinski definition) is 9. The second kappa shape index (κ2) is 23.1. The van der Waals surface area contributed by atoms with Crippen LogP contribution in [0.1, 0.15) is 80.1 Å². The summed E-state index contributed by atoms with van der Waals surface area (Å²) >= 11 is 0. The Balaban J connectivity index is 3.29. The van der Waals surface area contributed by atoms with E-state index in [4.69, 9.17) is 5.11 Å². The maximum atomic E-state index is 13.9. The molecule has 0 aromatic heterocycles. The molecule has 1 rings (SSSR count). The van der Waals surface area contributed by atoms with Crippen molar-refractivity contribution < 1.29 is 63.0 Å². The number of hydrogen-bond acceptors (Lipinski definition) is 11. The molecule has 0 bridgehead atoms. The number of amides is 9. The minimum Gasteiger partial charge on any atom is -0.481 e. The van der Waals surface area contributed by atoms with Crippen LogP contribution in [-0.4, -0.2) is 130 Å². The first kappa shape index (κ1) is 48.1. The Kier molecular flexibility index (Phi) is 19.9. The van der Waals surface area contributed by atoms with Gasteiger partial charge >= 0.3 is 18.0 Å².